The molecule has 146 valence electrons. The lowest BCUT2D eigenvalue weighted by atomic mass is 9.98. The first kappa shape index (κ1) is 21.1. The SMILES string of the molecule is Cc1c(OCCCCSc2cccc[n+]2O)ccc(C(=O)CC(C)C)c1O. The van der Waals surface area contributed by atoms with Gasteiger partial charge >= 0.3 is 0 Å². The lowest BCUT2D eigenvalue weighted by Gasteiger charge is -2.13. The van der Waals surface area contributed by atoms with Crippen LogP contribution in [0.2, 0.25) is 0 Å². The summed E-state index contributed by atoms with van der Waals surface area (Å²) >= 11 is 1.59. The van der Waals surface area contributed by atoms with Gasteiger partial charge in [0.1, 0.15) is 11.5 Å². The summed E-state index contributed by atoms with van der Waals surface area (Å²) in [7, 11) is 0. The van der Waals surface area contributed by atoms with E-state index in [2.05, 4.69) is 0 Å². The van der Waals surface area contributed by atoms with Gasteiger partial charge in [-0.1, -0.05) is 25.6 Å². The van der Waals surface area contributed by atoms with E-state index in [9.17, 15) is 15.1 Å². The monoisotopic (exact) mass is 390 g/mol. The largest absolute Gasteiger partial charge is 0.507 e. The van der Waals surface area contributed by atoms with E-state index in [1.54, 1.807) is 43.1 Å². The summed E-state index contributed by atoms with van der Waals surface area (Å²) in [5, 5.41) is 20.8. The molecular weight excluding hydrogens is 362 g/mol. The summed E-state index contributed by atoms with van der Waals surface area (Å²) in [6.45, 7) is 6.26. The molecule has 0 fully saturated rings. The number of rotatable bonds is 10. The molecule has 5 nitrogen and oxygen atoms in total. The molecule has 0 atom stereocenters. The van der Waals surface area contributed by atoms with Crippen molar-refractivity contribution < 1.29 is 24.6 Å². The number of hydrogen-bond donors (Lipinski definition) is 2. The predicted octanol–water partition coefficient (Wildman–Crippen LogP) is 4.41. The van der Waals surface area contributed by atoms with E-state index in [4.69, 9.17) is 4.74 Å². The summed E-state index contributed by atoms with van der Waals surface area (Å²) in [6, 6.07) is 8.94. The zero-order valence-corrected chi connectivity index (χ0v) is 17.0. The summed E-state index contributed by atoms with van der Waals surface area (Å²) in [6.07, 6.45) is 3.82. The molecule has 1 aromatic heterocycles. The first-order valence-corrected chi connectivity index (χ1v) is 10.2. The highest BCUT2D eigenvalue weighted by Gasteiger charge is 2.17. The maximum absolute atomic E-state index is 12.2. The van der Waals surface area contributed by atoms with Gasteiger partial charge in [0, 0.05) is 34.6 Å². The molecule has 2 rings (SSSR count). The van der Waals surface area contributed by atoms with Crippen molar-refractivity contribution in [1.82, 2.24) is 0 Å². The Morgan fingerprint density at radius 3 is 2.70 bits per heavy atom. The van der Waals surface area contributed by atoms with E-state index in [1.165, 1.54) is 0 Å². The highest BCUT2D eigenvalue weighted by molar-refractivity contribution is 7.99. The number of phenols is 1. The van der Waals surface area contributed by atoms with Gasteiger partial charge in [-0.15, -0.1) is 0 Å². The second-order valence-corrected chi connectivity index (χ2v) is 8.01. The number of benzene rings is 1. The fourth-order valence-corrected chi connectivity index (χ4v) is 3.57. The Labute approximate surface area is 165 Å². The number of ether oxygens (including phenoxy) is 1. The maximum Gasteiger partial charge on any atom is 0.290 e. The van der Waals surface area contributed by atoms with Crippen molar-refractivity contribution in [3.63, 3.8) is 0 Å². The summed E-state index contributed by atoms with van der Waals surface area (Å²) in [5.74, 6) is 1.71. The molecule has 1 heterocycles. The Hall–Kier alpha value is -2.21. The molecule has 6 heteroatoms. The van der Waals surface area contributed by atoms with Crippen molar-refractivity contribution in [1.29, 1.82) is 0 Å². The molecule has 1 aromatic carbocycles. The Morgan fingerprint density at radius 2 is 2.00 bits per heavy atom. The lowest BCUT2D eigenvalue weighted by Crippen LogP contribution is -2.31. The van der Waals surface area contributed by atoms with Crippen LogP contribution in [0.3, 0.4) is 0 Å². The van der Waals surface area contributed by atoms with Crippen LogP contribution < -0.4 is 9.47 Å². The summed E-state index contributed by atoms with van der Waals surface area (Å²) in [5.41, 5.74) is 0.967. The highest BCUT2D eigenvalue weighted by atomic mass is 32.2. The highest BCUT2D eigenvalue weighted by Crippen LogP contribution is 2.32. The second kappa shape index (κ2) is 10.2. The van der Waals surface area contributed by atoms with Gasteiger partial charge in [0.15, 0.2) is 5.78 Å². The molecule has 0 amide bonds. The number of thioether (sulfide) groups is 1. The molecule has 0 spiro atoms. The van der Waals surface area contributed by atoms with E-state index < -0.39 is 0 Å². The fraction of sp³-hybridized carbons (Fsp3) is 0.429. The number of pyridine rings is 1. The van der Waals surface area contributed by atoms with Crippen molar-refractivity contribution >= 4 is 17.5 Å². The first-order chi connectivity index (χ1) is 12.9. The van der Waals surface area contributed by atoms with Crippen molar-refractivity contribution in [3.05, 3.63) is 47.7 Å². The number of unbranched alkanes of at least 4 members (excludes halogenated alkanes) is 1. The molecule has 27 heavy (non-hydrogen) atoms. The predicted molar refractivity (Wildman–Crippen MR) is 106 cm³/mol. The standard InChI is InChI=1S/C21H27NO4S/c1-15(2)14-18(23)17-9-10-19(16(3)21(17)24)26-12-6-7-13-27-20-8-4-5-11-22(20)25/h4-5,8-11,15H,6-7,12-14H2,1-3H3,(H-,23,24,25)/p+1. The Bertz CT molecular complexity index is 777. The molecule has 0 aliphatic heterocycles. The van der Waals surface area contributed by atoms with Crippen LogP contribution in [0, 0.1) is 12.8 Å². The third kappa shape index (κ3) is 6.17. The van der Waals surface area contributed by atoms with E-state index in [-0.39, 0.29) is 17.5 Å². The first-order valence-electron chi connectivity index (χ1n) is 9.21. The molecule has 0 bridgehead atoms. The number of phenolic OH excluding ortho intramolecular Hbond substituents is 1. The quantitative estimate of drug-likeness (QED) is 0.207. The number of ketones is 1. The Balaban J connectivity index is 1.80. The van der Waals surface area contributed by atoms with Crippen LogP contribution in [-0.4, -0.2) is 28.5 Å². The maximum atomic E-state index is 12.2. The molecule has 2 aromatic rings. The van der Waals surface area contributed by atoms with E-state index >= 15 is 0 Å². The number of Topliss-reactive ketones (excluding diaryl/α,β-unsaturated/α-hetero) is 1. The van der Waals surface area contributed by atoms with Crippen molar-refractivity contribution in [2.75, 3.05) is 12.4 Å². The van der Waals surface area contributed by atoms with Gasteiger partial charge in [-0.3, -0.25) is 10.0 Å². The van der Waals surface area contributed by atoms with Crippen LogP contribution in [0.5, 0.6) is 11.5 Å². The smallest absolute Gasteiger partial charge is 0.290 e. The van der Waals surface area contributed by atoms with E-state index in [0.29, 0.717) is 29.9 Å². The fourth-order valence-electron chi connectivity index (χ4n) is 2.64. The molecule has 2 N–H and O–H groups in total. The van der Waals surface area contributed by atoms with Crippen molar-refractivity contribution in [2.45, 2.75) is 45.1 Å². The summed E-state index contributed by atoms with van der Waals surface area (Å²) in [4.78, 5) is 12.2. The molecule has 0 unspecified atom stereocenters. The van der Waals surface area contributed by atoms with Crippen LogP contribution in [0.1, 0.15) is 49.0 Å². The van der Waals surface area contributed by atoms with E-state index in [1.807, 2.05) is 26.0 Å². The van der Waals surface area contributed by atoms with Gasteiger partial charge in [-0.05, 0) is 43.9 Å². The van der Waals surface area contributed by atoms with Crippen LogP contribution in [0.4, 0.5) is 0 Å². The second-order valence-electron chi connectivity index (χ2n) is 6.89. The minimum Gasteiger partial charge on any atom is -0.507 e. The van der Waals surface area contributed by atoms with Gasteiger partial charge in [0.2, 0.25) is 6.20 Å². The van der Waals surface area contributed by atoms with Crippen LogP contribution in [0.25, 0.3) is 0 Å². The van der Waals surface area contributed by atoms with Crippen LogP contribution in [-0.2, 0) is 0 Å². The number of hydrogen-bond acceptors (Lipinski definition) is 5. The van der Waals surface area contributed by atoms with Gasteiger partial charge < -0.3 is 9.84 Å². The Morgan fingerprint density at radius 1 is 1.22 bits per heavy atom. The lowest BCUT2D eigenvalue weighted by molar-refractivity contribution is -0.932. The third-order valence-corrected chi connectivity index (χ3v) is 5.24. The van der Waals surface area contributed by atoms with Crippen LogP contribution in [0.15, 0.2) is 41.6 Å². The normalized spacial score (nSPS) is 11.0. The number of aromatic nitrogens is 1. The van der Waals surface area contributed by atoms with Crippen molar-refractivity contribution in [3.8, 4) is 11.5 Å². The molecular formula is C21H28NO4S+. The average Bonchev–Trinajstić information content (AvgIpc) is 2.62. The molecule has 0 saturated carbocycles. The number of nitrogens with zero attached hydrogens (tertiary/aromatic N) is 1. The van der Waals surface area contributed by atoms with E-state index in [0.717, 1.165) is 28.4 Å². The molecule has 0 radical (unpaired) electrons. The van der Waals surface area contributed by atoms with Crippen molar-refractivity contribution in [2.24, 2.45) is 5.92 Å². The Kier molecular flexibility index (Phi) is 7.98. The number of carbonyl (C=O) groups excluding carboxylic acids is 1. The number of aromatic hydroxyl groups is 1. The number of carbonyl (C=O) groups is 1. The molecule has 0 aliphatic carbocycles. The van der Waals surface area contributed by atoms with Gasteiger partial charge in [-0.25, -0.2) is 0 Å². The average molecular weight is 391 g/mol. The van der Waals surface area contributed by atoms with Gasteiger partial charge in [-0.2, -0.15) is 0 Å². The molecule has 0 aliphatic rings. The van der Waals surface area contributed by atoms with Gasteiger partial charge in [0.05, 0.1) is 12.2 Å². The van der Waals surface area contributed by atoms with Crippen LogP contribution >= 0.6 is 11.8 Å². The van der Waals surface area contributed by atoms with Gasteiger partial charge in [0.25, 0.3) is 5.03 Å². The third-order valence-electron chi connectivity index (χ3n) is 4.12. The minimum absolute atomic E-state index is 0.0188. The topological polar surface area (TPSA) is 70.6 Å². The summed E-state index contributed by atoms with van der Waals surface area (Å²) < 4.78 is 6.89. The zero-order valence-electron chi connectivity index (χ0n) is 16.1. The zero-order chi connectivity index (χ0) is 19.8. The molecule has 0 saturated heterocycles. The minimum atomic E-state index is -0.0452.